The van der Waals surface area contributed by atoms with Gasteiger partial charge in [0.1, 0.15) is 0 Å². The Morgan fingerprint density at radius 3 is 2.91 bits per heavy atom. The van der Waals surface area contributed by atoms with Crippen LogP contribution in [0.1, 0.15) is 19.3 Å². The molecule has 0 aromatic carbocycles. The maximum absolute atomic E-state index is 5.86. The van der Waals surface area contributed by atoms with E-state index >= 15 is 0 Å². The van der Waals surface area contributed by atoms with Crippen molar-refractivity contribution >= 4 is 0 Å². The lowest BCUT2D eigenvalue weighted by Gasteiger charge is -2.16. The molecule has 0 aromatic heterocycles. The summed E-state index contributed by atoms with van der Waals surface area (Å²) in [6.45, 7) is 1.71. The van der Waals surface area contributed by atoms with Crippen LogP contribution in [0.15, 0.2) is 0 Å². The lowest BCUT2D eigenvalue weighted by atomic mass is 10.2. The summed E-state index contributed by atoms with van der Waals surface area (Å²) >= 11 is 0. The van der Waals surface area contributed by atoms with Gasteiger partial charge in [-0.3, -0.25) is 0 Å². The summed E-state index contributed by atoms with van der Waals surface area (Å²) in [7, 11) is 1.72. The Morgan fingerprint density at radius 2 is 2.36 bits per heavy atom. The summed E-state index contributed by atoms with van der Waals surface area (Å²) in [5, 5.41) is 3.38. The quantitative estimate of drug-likeness (QED) is 0.571. The fraction of sp³-hybridized carbons (Fsp3) is 1.00. The lowest BCUT2D eigenvalue weighted by molar-refractivity contribution is 0.195. The standard InChI is InChI=1S/C8H18N2O/c1-11-6-5-10-8-4-2-3-7(8)9/h7-8,10H,2-6,9H2,1H3/t7-,8+/m0/s1. The summed E-state index contributed by atoms with van der Waals surface area (Å²) < 4.78 is 4.93. The lowest BCUT2D eigenvalue weighted by Crippen LogP contribution is -2.42. The van der Waals surface area contributed by atoms with Gasteiger partial charge in [-0.05, 0) is 12.8 Å². The molecule has 2 atom stereocenters. The first-order valence-corrected chi connectivity index (χ1v) is 4.32. The SMILES string of the molecule is COCCN[C@@H]1CCC[C@@H]1N. The van der Waals surface area contributed by atoms with Crippen LogP contribution in [0.2, 0.25) is 0 Å². The van der Waals surface area contributed by atoms with E-state index in [2.05, 4.69) is 5.32 Å². The molecule has 0 unspecified atom stereocenters. The molecule has 0 bridgehead atoms. The van der Waals surface area contributed by atoms with E-state index in [9.17, 15) is 0 Å². The molecule has 1 aliphatic rings. The average molecular weight is 158 g/mol. The molecule has 0 saturated heterocycles. The molecule has 0 heterocycles. The summed E-state index contributed by atoms with van der Waals surface area (Å²) in [6, 6.07) is 0.900. The third-order valence-electron chi connectivity index (χ3n) is 2.28. The maximum atomic E-state index is 5.86. The van der Waals surface area contributed by atoms with Gasteiger partial charge in [-0.2, -0.15) is 0 Å². The second-order valence-electron chi connectivity index (χ2n) is 3.15. The van der Waals surface area contributed by atoms with E-state index in [1.807, 2.05) is 0 Å². The first-order valence-electron chi connectivity index (χ1n) is 4.32. The Hall–Kier alpha value is -0.120. The van der Waals surface area contributed by atoms with Crippen LogP contribution >= 0.6 is 0 Å². The van der Waals surface area contributed by atoms with Gasteiger partial charge in [0, 0.05) is 25.7 Å². The van der Waals surface area contributed by atoms with Crippen molar-refractivity contribution in [3.8, 4) is 0 Å². The minimum Gasteiger partial charge on any atom is -0.383 e. The number of hydrogen-bond acceptors (Lipinski definition) is 3. The molecule has 66 valence electrons. The topological polar surface area (TPSA) is 47.3 Å². The van der Waals surface area contributed by atoms with Crippen LogP contribution in [0.4, 0.5) is 0 Å². The fourth-order valence-electron chi connectivity index (χ4n) is 1.59. The third kappa shape index (κ3) is 2.77. The van der Waals surface area contributed by atoms with Gasteiger partial charge in [-0.15, -0.1) is 0 Å². The van der Waals surface area contributed by atoms with Gasteiger partial charge in [-0.25, -0.2) is 0 Å². The Kier molecular flexibility index (Phi) is 3.83. The highest BCUT2D eigenvalue weighted by Crippen LogP contribution is 2.16. The fourth-order valence-corrected chi connectivity index (χ4v) is 1.59. The third-order valence-corrected chi connectivity index (χ3v) is 2.28. The van der Waals surface area contributed by atoms with Crippen molar-refractivity contribution in [1.82, 2.24) is 5.32 Å². The number of nitrogens with one attached hydrogen (secondary N) is 1. The van der Waals surface area contributed by atoms with E-state index in [0.717, 1.165) is 13.2 Å². The van der Waals surface area contributed by atoms with Crippen molar-refractivity contribution in [2.24, 2.45) is 5.73 Å². The molecule has 3 N–H and O–H groups in total. The largest absolute Gasteiger partial charge is 0.383 e. The van der Waals surface area contributed by atoms with Gasteiger partial charge < -0.3 is 15.8 Å². The van der Waals surface area contributed by atoms with Gasteiger partial charge in [0.25, 0.3) is 0 Å². The number of ether oxygens (including phenoxy) is 1. The number of hydrogen-bond donors (Lipinski definition) is 2. The molecule has 3 heteroatoms. The minimum atomic E-state index is 0.367. The average Bonchev–Trinajstić information content (AvgIpc) is 2.37. The number of methoxy groups -OCH3 is 1. The van der Waals surface area contributed by atoms with Gasteiger partial charge in [0.05, 0.1) is 6.61 Å². The molecule has 11 heavy (non-hydrogen) atoms. The van der Waals surface area contributed by atoms with Crippen LogP contribution in [0.3, 0.4) is 0 Å². The van der Waals surface area contributed by atoms with Crippen molar-refractivity contribution in [1.29, 1.82) is 0 Å². The van der Waals surface area contributed by atoms with Gasteiger partial charge in [0.2, 0.25) is 0 Å². The zero-order chi connectivity index (χ0) is 8.10. The second kappa shape index (κ2) is 4.70. The molecule has 0 radical (unpaired) electrons. The summed E-state index contributed by atoms with van der Waals surface area (Å²) in [5.41, 5.74) is 5.86. The first-order chi connectivity index (χ1) is 5.34. The molecule has 1 saturated carbocycles. The van der Waals surface area contributed by atoms with E-state index in [0.29, 0.717) is 12.1 Å². The highest BCUT2D eigenvalue weighted by atomic mass is 16.5. The normalized spacial score (nSPS) is 31.1. The number of rotatable bonds is 4. The van der Waals surface area contributed by atoms with Crippen molar-refractivity contribution in [3.63, 3.8) is 0 Å². The molecule has 1 fully saturated rings. The summed E-state index contributed by atoms with van der Waals surface area (Å²) in [4.78, 5) is 0. The van der Waals surface area contributed by atoms with E-state index < -0.39 is 0 Å². The first kappa shape index (κ1) is 8.97. The molecule has 3 nitrogen and oxygen atoms in total. The molecule has 0 aliphatic heterocycles. The summed E-state index contributed by atoms with van der Waals surface area (Å²) in [6.07, 6.45) is 3.67. The van der Waals surface area contributed by atoms with E-state index in [1.165, 1.54) is 19.3 Å². The van der Waals surface area contributed by atoms with Gasteiger partial charge in [0.15, 0.2) is 0 Å². The van der Waals surface area contributed by atoms with Crippen LogP contribution in [0.5, 0.6) is 0 Å². The van der Waals surface area contributed by atoms with Gasteiger partial charge >= 0.3 is 0 Å². The maximum Gasteiger partial charge on any atom is 0.0587 e. The Bertz CT molecular complexity index is 108. The Morgan fingerprint density at radius 1 is 1.55 bits per heavy atom. The second-order valence-corrected chi connectivity index (χ2v) is 3.15. The smallest absolute Gasteiger partial charge is 0.0587 e. The van der Waals surface area contributed by atoms with E-state index in [-0.39, 0.29) is 0 Å². The predicted octanol–water partition coefficient (Wildman–Crippen LogP) is 0.102. The van der Waals surface area contributed by atoms with Crippen molar-refractivity contribution in [3.05, 3.63) is 0 Å². The highest BCUT2D eigenvalue weighted by molar-refractivity contribution is 4.85. The molecule has 0 aromatic rings. The van der Waals surface area contributed by atoms with Crippen molar-refractivity contribution < 1.29 is 4.74 Å². The zero-order valence-corrected chi connectivity index (χ0v) is 7.18. The van der Waals surface area contributed by atoms with Crippen LogP contribution in [0, 0.1) is 0 Å². The predicted molar refractivity (Wildman–Crippen MR) is 45.5 cm³/mol. The van der Waals surface area contributed by atoms with E-state index in [4.69, 9.17) is 10.5 Å². The monoisotopic (exact) mass is 158 g/mol. The zero-order valence-electron chi connectivity index (χ0n) is 7.18. The highest BCUT2D eigenvalue weighted by Gasteiger charge is 2.22. The van der Waals surface area contributed by atoms with E-state index in [1.54, 1.807) is 7.11 Å². The van der Waals surface area contributed by atoms with Crippen LogP contribution in [-0.4, -0.2) is 32.3 Å². The Labute approximate surface area is 68.3 Å². The molecule has 0 amide bonds. The summed E-state index contributed by atoms with van der Waals surface area (Å²) in [5.74, 6) is 0. The van der Waals surface area contributed by atoms with Crippen LogP contribution in [-0.2, 0) is 4.74 Å². The minimum absolute atomic E-state index is 0.367. The molecule has 1 rings (SSSR count). The van der Waals surface area contributed by atoms with Crippen molar-refractivity contribution in [2.75, 3.05) is 20.3 Å². The van der Waals surface area contributed by atoms with Gasteiger partial charge in [-0.1, -0.05) is 6.42 Å². The van der Waals surface area contributed by atoms with Crippen molar-refractivity contribution in [2.45, 2.75) is 31.3 Å². The number of nitrogens with two attached hydrogens (primary N) is 1. The van der Waals surface area contributed by atoms with Crippen LogP contribution in [0.25, 0.3) is 0 Å². The molecule has 0 spiro atoms. The molecule has 1 aliphatic carbocycles. The Balaban J connectivity index is 2.05. The molecular formula is C8H18N2O. The molecular weight excluding hydrogens is 140 g/mol. The van der Waals surface area contributed by atoms with Crippen LogP contribution < -0.4 is 11.1 Å².